The summed E-state index contributed by atoms with van der Waals surface area (Å²) in [4.78, 5) is 2.76. The average molecular weight is 252 g/mol. The quantitative estimate of drug-likeness (QED) is 0.810. The lowest BCUT2D eigenvalue weighted by atomic mass is 9.77. The fraction of sp³-hybridized carbons (Fsp3) is 1.00. The minimum absolute atomic E-state index is 0.422. The Hall–Kier alpha value is -0.120. The van der Waals surface area contributed by atoms with Gasteiger partial charge in [0.25, 0.3) is 0 Å². The third-order valence-electron chi connectivity index (χ3n) is 5.03. The van der Waals surface area contributed by atoms with E-state index in [0.29, 0.717) is 12.1 Å². The van der Waals surface area contributed by atoms with E-state index in [9.17, 15) is 0 Å². The molecule has 1 N–H and O–H groups in total. The van der Waals surface area contributed by atoms with Gasteiger partial charge in [-0.25, -0.2) is 0 Å². The van der Waals surface area contributed by atoms with E-state index < -0.39 is 0 Å². The molecule has 1 aliphatic heterocycles. The molecule has 0 spiro atoms. The molecule has 3 nitrogen and oxygen atoms in total. The summed E-state index contributed by atoms with van der Waals surface area (Å²) >= 11 is 0. The van der Waals surface area contributed by atoms with Crippen molar-refractivity contribution in [1.82, 2.24) is 10.2 Å². The first-order valence-electron chi connectivity index (χ1n) is 7.88. The fourth-order valence-corrected chi connectivity index (χ4v) is 3.46. The zero-order valence-electron chi connectivity index (χ0n) is 11.9. The lowest BCUT2D eigenvalue weighted by molar-refractivity contribution is -0.0985. The Labute approximate surface area is 111 Å². The first-order valence-corrected chi connectivity index (χ1v) is 7.88. The molecule has 0 radical (unpaired) electrons. The Kier molecular flexibility index (Phi) is 3.92. The van der Waals surface area contributed by atoms with Gasteiger partial charge in [-0.05, 0) is 51.5 Å². The number of nitrogens with zero attached hydrogens (tertiary/aromatic N) is 1. The zero-order valence-corrected chi connectivity index (χ0v) is 11.9. The van der Waals surface area contributed by atoms with Crippen LogP contribution in [0.3, 0.4) is 0 Å². The highest BCUT2D eigenvalue weighted by Gasteiger charge is 2.40. The van der Waals surface area contributed by atoms with Crippen LogP contribution in [0.2, 0.25) is 0 Å². The van der Waals surface area contributed by atoms with Gasteiger partial charge >= 0.3 is 0 Å². The van der Waals surface area contributed by atoms with E-state index in [-0.39, 0.29) is 0 Å². The molecule has 2 aliphatic carbocycles. The standard InChI is InChI=1S/C15H28N2O/c1-3-14-10-18-11(2)9-17(14)15-7-4-12(15)8-16-13-5-6-13/h11-16H,3-10H2,1-2H3. The van der Waals surface area contributed by atoms with E-state index in [1.165, 1.54) is 38.6 Å². The molecule has 2 saturated carbocycles. The first-order chi connectivity index (χ1) is 8.78. The van der Waals surface area contributed by atoms with E-state index in [2.05, 4.69) is 24.1 Å². The van der Waals surface area contributed by atoms with Gasteiger partial charge in [0, 0.05) is 24.7 Å². The molecule has 3 fully saturated rings. The Balaban J connectivity index is 1.53. The molecule has 4 atom stereocenters. The molecule has 0 amide bonds. The minimum Gasteiger partial charge on any atom is -0.376 e. The average Bonchev–Trinajstić information content (AvgIpc) is 3.12. The van der Waals surface area contributed by atoms with E-state index in [4.69, 9.17) is 4.74 Å². The SMILES string of the molecule is CCC1COC(C)CN1C1CCC1CNC1CC1. The van der Waals surface area contributed by atoms with Crippen LogP contribution in [0.4, 0.5) is 0 Å². The molecule has 0 aromatic carbocycles. The van der Waals surface area contributed by atoms with Gasteiger partial charge in [0.15, 0.2) is 0 Å². The van der Waals surface area contributed by atoms with Crippen molar-refractivity contribution < 1.29 is 4.74 Å². The summed E-state index contributed by atoms with van der Waals surface area (Å²) in [5.41, 5.74) is 0. The fourth-order valence-electron chi connectivity index (χ4n) is 3.46. The highest BCUT2D eigenvalue weighted by Crippen LogP contribution is 2.35. The third kappa shape index (κ3) is 2.73. The van der Waals surface area contributed by atoms with Crippen LogP contribution in [0.15, 0.2) is 0 Å². The number of hydrogen-bond donors (Lipinski definition) is 1. The minimum atomic E-state index is 0.422. The second kappa shape index (κ2) is 5.48. The number of morpholine rings is 1. The largest absolute Gasteiger partial charge is 0.376 e. The summed E-state index contributed by atoms with van der Waals surface area (Å²) < 4.78 is 5.82. The number of rotatable bonds is 5. The van der Waals surface area contributed by atoms with Crippen LogP contribution in [0, 0.1) is 5.92 Å². The predicted octanol–water partition coefficient (Wildman–Crippen LogP) is 2.02. The monoisotopic (exact) mass is 252 g/mol. The van der Waals surface area contributed by atoms with Crippen LogP contribution < -0.4 is 5.32 Å². The maximum atomic E-state index is 5.82. The zero-order chi connectivity index (χ0) is 12.5. The molecule has 1 heterocycles. The highest BCUT2D eigenvalue weighted by molar-refractivity contribution is 4.95. The highest BCUT2D eigenvalue weighted by atomic mass is 16.5. The van der Waals surface area contributed by atoms with E-state index in [0.717, 1.165) is 31.2 Å². The molecular formula is C15H28N2O. The summed E-state index contributed by atoms with van der Waals surface area (Å²) in [6, 6.07) is 2.35. The van der Waals surface area contributed by atoms with Crippen molar-refractivity contribution in [3.63, 3.8) is 0 Å². The maximum absolute atomic E-state index is 5.82. The summed E-state index contributed by atoms with van der Waals surface area (Å²) in [5.74, 6) is 0.893. The molecule has 0 aromatic heterocycles. The van der Waals surface area contributed by atoms with Crippen LogP contribution in [0.5, 0.6) is 0 Å². The van der Waals surface area contributed by atoms with Crippen molar-refractivity contribution in [3.8, 4) is 0 Å². The van der Waals surface area contributed by atoms with Gasteiger partial charge in [0.2, 0.25) is 0 Å². The van der Waals surface area contributed by atoms with E-state index in [1.54, 1.807) is 0 Å². The molecule has 0 aromatic rings. The summed E-state index contributed by atoms with van der Waals surface area (Å²) in [6.07, 6.45) is 7.29. The molecular weight excluding hydrogens is 224 g/mol. The Bertz CT molecular complexity index is 280. The van der Waals surface area contributed by atoms with Gasteiger partial charge in [0.05, 0.1) is 12.7 Å². The lowest BCUT2D eigenvalue weighted by Crippen LogP contribution is -2.59. The molecule has 18 heavy (non-hydrogen) atoms. The van der Waals surface area contributed by atoms with Crippen molar-refractivity contribution in [2.45, 2.75) is 70.2 Å². The van der Waals surface area contributed by atoms with Crippen LogP contribution in [-0.2, 0) is 4.74 Å². The van der Waals surface area contributed by atoms with Gasteiger partial charge < -0.3 is 10.1 Å². The second-order valence-electron chi connectivity index (χ2n) is 6.49. The molecule has 0 bridgehead atoms. The third-order valence-corrected chi connectivity index (χ3v) is 5.03. The van der Waals surface area contributed by atoms with Crippen molar-refractivity contribution in [2.24, 2.45) is 5.92 Å². The Morgan fingerprint density at radius 3 is 2.67 bits per heavy atom. The number of ether oxygens (including phenoxy) is 1. The van der Waals surface area contributed by atoms with E-state index in [1.807, 2.05) is 0 Å². The molecule has 3 aliphatic rings. The Morgan fingerprint density at radius 2 is 2.06 bits per heavy atom. The van der Waals surface area contributed by atoms with Gasteiger partial charge in [-0.2, -0.15) is 0 Å². The molecule has 1 saturated heterocycles. The summed E-state index contributed by atoms with van der Waals surface area (Å²) in [5, 5.41) is 3.71. The van der Waals surface area contributed by atoms with Crippen molar-refractivity contribution in [1.29, 1.82) is 0 Å². The molecule has 3 rings (SSSR count). The summed E-state index contributed by atoms with van der Waals surface area (Å²) in [6.45, 7) is 7.85. The van der Waals surface area contributed by atoms with Crippen molar-refractivity contribution in [3.05, 3.63) is 0 Å². The predicted molar refractivity (Wildman–Crippen MR) is 73.7 cm³/mol. The second-order valence-corrected chi connectivity index (χ2v) is 6.49. The van der Waals surface area contributed by atoms with E-state index >= 15 is 0 Å². The van der Waals surface area contributed by atoms with Crippen LogP contribution >= 0.6 is 0 Å². The molecule has 3 heteroatoms. The normalized spacial score (nSPS) is 41.7. The lowest BCUT2D eigenvalue weighted by Gasteiger charge is -2.50. The maximum Gasteiger partial charge on any atom is 0.0674 e. The van der Waals surface area contributed by atoms with Gasteiger partial charge in [-0.3, -0.25) is 4.90 Å². The van der Waals surface area contributed by atoms with Crippen molar-refractivity contribution >= 4 is 0 Å². The molecule has 4 unspecified atom stereocenters. The van der Waals surface area contributed by atoms with Crippen LogP contribution in [-0.4, -0.2) is 48.8 Å². The topological polar surface area (TPSA) is 24.5 Å². The van der Waals surface area contributed by atoms with Crippen LogP contribution in [0.1, 0.15) is 46.0 Å². The van der Waals surface area contributed by atoms with Crippen LogP contribution in [0.25, 0.3) is 0 Å². The molecule has 104 valence electrons. The van der Waals surface area contributed by atoms with Crippen molar-refractivity contribution in [2.75, 3.05) is 19.7 Å². The number of nitrogens with one attached hydrogen (secondary N) is 1. The smallest absolute Gasteiger partial charge is 0.0674 e. The van der Waals surface area contributed by atoms with Gasteiger partial charge in [0.1, 0.15) is 0 Å². The van der Waals surface area contributed by atoms with Gasteiger partial charge in [-0.1, -0.05) is 6.92 Å². The Morgan fingerprint density at radius 1 is 1.22 bits per heavy atom. The first kappa shape index (κ1) is 12.9. The summed E-state index contributed by atoms with van der Waals surface area (Å²) in [7, 11) is 0. The number of hydrogen-bond acceptors (Lipinski definition) is 3. The van der Waals surface area contributed by atoms with Gasteiger partial charge in [-0.15, -0.1) is 0 Å².